The lowest BCUT2D eigenvalue weighted by Gasteiger charge is -2.42. The minimum atomic E-state index is -4.46. The molecule has 0 spiro atoms. The van der Waals surface area contributed by atoms with Crippen molar-refractivity contribution in [3.63, 3.8) is 0 Å². The van der Waals surface area contributed by atoms with Gasteiger partial charge in [0.25, 0.3) is 0 Å². The van der Waals surface area contributed by atoms with Crippen molar-refractivity contribution < 1.29 is 23.0 Å². The minimum absolute atomic E-state index is 0.0289. The van der Waals surface area contributed by atoms with Gasteiger partial charge in [-0.25, -0.2) is 4.79 Å². The Balaban J connectivity index is 1.36. The molecule has 3 aromatic rings. The molecular formula is C27H34F3N5O3. The van der Waals surface area contributed by atoms with Crippen molar-refractivity contribution in [2.45, 2.75) is 44.8 Å². The van der Waals surface area contributed by atoms with Gasteiger partial charge in [0, 0.05) is 70.6 Å². The fraction of sp³-hybridized carbons (Fsp3) is 0.556. The Hall–Kier alpha value is -2.73. The van der Waals surface area contributed by atoms with Crippen LogP contribution in [0.4, 0.5) is 13.2 Å². The number of aromatic nitrogens is 3. The van der Waals surface area contributed by atoms with E-state index in [2.05, 4.69) is 16.8 Å². The fourth-order valence-electron chi connectivity index (χ4n) is 6.14. The van der Waals surface area contributed by atoms with Gasteiger partial charge >= 0.3 is 11.9 Å². The van der Waals surface area contributed by atoms with Gasteiger partial charge in [-0.2, -0.15) is 13.2 Å². The summed E-state index contributed by atoms with van der Waals surface area (Å²) in [6.45, 7) is 4.45. The van der Waals surface area contributed by atoms with Crippen LogP contribution >= 0.6 is 0 Å². The summed E-state index contributed by atoms with van der Waals surface area (Å²) in [5.41, 5.74) is 2.51. The van der Waals surface area contributed by atoms with Gasteiger partial charge in [-0.3, -0.25) is 23.9 Å². The first-order chi connectivity index (χ1) is 17.9. The molecule has 0 amide bonds. The summed E-state index contributed by atoms with van der Waals surface area (Å²) in [6, 6.07) is 7.22. The van der Waals surface area contributed by atoms with Crippen molar-refractivity contribution in [1.29, 1.82) is 0 Å². The number of methoxy groups -OCH3 is 1. The molecule has 2 aliphatic heterocycles. The maximum absolute atomic E-state index is 13.3. The number of pyridine rings is 1. The average molecular weight is 534 g/mol. The Bertz CT molecular complexity index is 1400. The number of imidazole rings is 1. The highest BCUT2D eigenvalue weighted by atomic mass is 19.4. The molecule has 11 heteroatoms. The molecule has 8 nitrogen and oxygen atoms in total. The van der Waals surface area contributed by atoms with Gasteiger partial charge in [-0.15, -0.1) is 0 Å². The molecule has 3 atom stereocenters. The van der Waals surface area contributed by atoms with Gasteiger partial charge in [-0.05, 0) is 49.2 Å². The zero-order valence-corrected chi connectivity index (χ0v) is 22.1. The summed E-state index contributed by atoms with van der Waals surface area (Å²) in [7, 11) is 5.13. The summed E-state index contributed by atoms with van der Waals surface area (Å²) in [5, 5.41) is 11.6. The van der Waals surface area contributed by atoms with E-state index < -0.39 is 23.4 Å². The Morgan fingerprint density at radius 3 is 2.58 bits per heavy atom. The summed E-state index contributed by atoms with van der Waals surface area (Å²) in [6.07, 6.45) is -3.30. The number of aliphatic hydroxyl groups excluding tert-OH is 1. The summed E-state index contributed by atoms with van der Waals surface area (Å²) in [5.74, 6) is 0. The molecule has 38 heavy (non-hydrogen) atoms. The third kappa shape index (κ3) is 4.55. The van der Waals surface area contributed by atoms with E-state index in [-0.39, 0.29) is 18.3 Å². The second-order valence-corrected chi connectivity index (χ2v) is 10.8. The fourth-order valence-corrected chi connectivity index (χ4v) is 6.14. The zero-order valence-electron chi connectivity index (χ0n) is 22.1. The SMILES string of the molecule is COCC1(C(O)N2CCc3ncc(C(F)(F)F)cc3C2)CCN(C(C)c2ccc3c(c2)n(C)c(=O)n3C)C1. The van der Waals surface area contributed by atoms with Crippen molar-refractivity contribution in [2.75, 3.05) is 33.4 Å². The molecule has 1 N–H and O–H groups in total. The minimum Gasteiger partial charge on any atom is -0.384 e. The van der Waals surface area contributed by atoms with Crippen molar-refractivity contribution in [3.05, 3.63) is 63.3 Å². The molecular weight excluding hydrogens is 499 g/mol. The smallest absolute Gasteiger partial charge is 0.384 e. The molecule has 0 saturated carbocycles. The molecule has 206 valence electrons. The highest BCUT2D eigenvalue weighted by Crippen LogP contribution is 2.41. The molecule has 2 aliphatic rings. The van der Waals surface area contributed by atoms with Crippen molar-refractivity contribution in [1.82, 2.24) is 23.9 Å². The second kappa shape index (κ2) is 9.78. The Morgan fingerprint density at radius 1 is 1.13 bits per heavy atom. The van der Waals surface area contributed by atoms with E-state index in [4.69, 9.17) is 4.74 Å². The van der Waals surface area contributed by atoms with Crippen LogP contribution in [0.15, 0.2) is 35.3 Å². The zero-order chi connectivity index (χ0) is 27.4. The molecule has 2 aromatic heterocycles. The van der Waals surface area contributed by atoms with Crippen LogP contribution in [0, 0.1) is 5.41 Å². The Kier molecular flexibility index (Phi) is 6.91. The third-order valence-electron chi connectivity index (χ3n) is 8.46. The largest absolute Gasteiger partial charge is 0.417 e. The van der Waals surface area contributed by atoms with E-state index >= 15 is 0 Å². The maximum Gasteiger partial charge on any atom is 0.417 e. The molecule has 1 fully saturated rings. The molecule has 3 unspecified atom stereocenters. The lowest BCUT2D eigenvalue weighted by molar-refractivity contribution is -0.138. The molecule has 0 radical (unpaired) electrons. The molecule has 5 rings (SSSR count). The van der Waals surface area contributed by atoms with Gasteiger partial charge in [0.15, 0.2) is 0 Å². The summed E-state index contributed by atoms with van der Waals surface area (Å²) in [4.78, 5) is 20.6. The molecule has 0 aliphatic carbocycles. The highest BCUT2D eigenvalue weighted by Gasteiger charge is 2.48. The predicted molar refractivity (Wildman–Crippen MR) is 136 cm³/mol. The van der Waals surface area contributed by atoms with Crippen LogP contribution in [0.2, 0.25) is 0 Å². The molecule has 4 heterocycles. The molecule has 1 aromatic carbocycles. The first kappa shape index (κ1) is 26.9. The number of hydrogen-bond acceptors (Lipinski definition) is 6. The topological polar surface area (TPSA) is 75.8 Å². The first-order valence-electron chi connectivity index (χ1n) is 12.8. The number of likely N-dealkylation sites (tertiary alicyclic amines) is 1. The van der Waals surface area contributed by atoms with E-state index in [1.54, 1.807) is 30.3 Å². The van der Waals surface area contributed by atoms with Crippen LogP contribution in [-0.2, 0) is 38.0 Å². The monoisotopic (exact) mass is 533 g/mol. The average Bonchev–Trinajstić information content (AvgIpc) is 3.43. The van der Waals surface area contributed by atoms with E-state index in [1.807, 2.05) is 23.1 Å². The van der Waals surface area contributed by atoms with Crippen LogP contribution in [0.25, 0.3) is 11.0 Å². The van der Waals surface area contributed by atoms with Gasteiger partial charge in [0.2, 0.25) is 0 Å². The van der Waals surface area contributed by atoms with E-state index in [9.17, 15) is 23.1 Å². The highest BCUT2D eigenvalue weighted by molar-refractivity contribution is 5.77. The number of aliphatic hydroxyl groups is 1. The van der Waals surface area contributed by atoms with Gasteiger partial charge in [-0.1, -0.05) is 6.07 Å². The number of alkyl halides is 3. The number of halogens is 3. The van der Waals surface area contributed by atoms with Crippen LogP contribution in [0.5, 0.6) is 0 Å². The van der Waals surface area contributed by atoms with E-state index in [1.165, 1.54) is 0 Å². The standard InChI is InChI=1S/C27H34F3N5O3/c1-17(18-5-6-22-23(12-18)33(3)25(37)32(22)2)35-10-8-26(15-35,16-38-4)24(36)34-9-7-21-19(14-34)11-20(13-31-21)27(28,29)30/h5-6,11-13,17,24,36H,7-10,14-16H2,1-4H3. The molecule has 0 bridgehead atoms. The number of rotatable bonds is 6. The van der Waals surface area contributed by atoms with Crippen molar-refractivity contribution in [3.8, 4) is 0 Å². The lowest BCUT2D eigenvalue weighted by atomic mass is 9.84. The number of ether oxygens (including phenoxy) is 1. The normalized spacial score (nSPS) is 22.6. The predicted octanol–water partition coefficient (Wildman–Crippen LogP) is 3.07. The van der Waals surface area contributed by atoms with Crippen LogP contribution in [-0.4, -0.2) is 68.6 Å². The first-order valence-corrected chi connectivity index (χ1v) is 12.8. The Labute approximate surface area is 219 Å². The number of aryl methyl sites for hydroxylation is 2. The number of fused-ring (bicyclic) bond motifs is 2. The third-order valence-corrected chi connectivity index (χ3v) is 8.46. The van der Waals surface area contributed by atoms with Crippen molar-refractivity contribution in [2.24, 2.45) is 19.5 Å². The Morgan fingerprint density at radius 2 is 1.87 bits per heavy atom. The van der Waals surface area contributed by atoms with Gasteiger partial charge in [0.1, 0.15) is 6.23 Å². The molecule has 1 saturated heterocycles. The number of benzene rings is 1. The van der Waals surface area contributed by atoms with Crippen LogP contribution < -0.4 is 5.69 Å². The second-order valence-electron chi connectivity index (χ2n) is 10.8. The van der Waals surface area contributed by atoms with Crippen LogP contribution in [0.1, 0.15) is 41.8 Å². The lowest BCUT2D eigenvalue weighted by Crippen LogP contribution is -2.53. The van der Waals surface area contributed by atoms with Gasteiger partial charge < -0.3 is 9.84 Å². The summed E-state index contributed by atoms with van der Waals surface area (Å²) >= 11 is 0. The van der Waals surface area contributed by atoms with Crippen LogP contribution in [0.3, 0.4) is 0 Å². The number of nitrogens with zero attached hydrogens (tertiary/aromatic N) is 5. The number of hydrogen-bond donors (Lipinski definition) is 1. The van der Waals surface area contributed by atoms with Gasteiger partial charge in [0.05, 0.1) is 23.2 Å². The summed E-state index contributed by atoms with van der Waals surface area (Å²) < 4.78 is 48.6. The quantitative estimate of drug-likeness (QED) is 0.525. The van der Waals surface area contributed by atoms with Crippen molar-refractivity contribution >= 4 is 11.0 Å². The van der Waals surface area contributed by atoms with E-state index in [0.717, 1.165) is 35.4 Å². The van der Waals surface area contributed by atoms with E-state index in [0.29, 0.717) is 43.8 Å². The maximum atomic E-state index is 13.3.